The van der Waals surface area contributed by atoms with E-state index >= 15 is 0 Å². The maximum absolute atomic E-state index is 13.4. The Hall–Kier alpha value is -3.76. The van der Waals surface area contributed by atoms with Gasteiger partial charge in [-0.25, -0.2) is 20.0 Å². The number of rotatable bonds is 7. The number of nitrogens with two attached hydrogens (primary N) is 2. The van der Waals surface area contributed by atoms with E-state index in [1.165, 1.54) is 54.2 Å². The Labute approximate surface area is 182 Å². The van der Waals surface area contributed by atoms with Crippen molar-refractivity contribution in [2.75, 3.05) is 16.9 Å². The Morgan fingerprint density at radius 1 is 1.32 bits per heavy atom. The van der Waals surface area contributed by atoms with Gasteiger partial charge in [0.2, 0.25) is 5.95 Å². The number of ether oxygens (including phenoxy) is 1. The predicted molar refractivity (Wildman–Crippen MR) is 116 cm³/mol. The summed E-state index contributed by atoms with van der Waals surface area (Å²) in [4.78, 5) is 24.8. The maximum Gasteiger partial charge on any atom is 0.339 e. The fourth-order valence-corrected chi connectivity index (χ4v) is 2.79. The van der Waals surface area contributed by atoms with Crippen LogP contribution in [0.25, 0.3) is 11.1 Å². The van der Waals surface area contributed by atoms with E-state index in [4.69, 9.17) is 27.9 Å². The number of esters is 1. The molecule has 11 heteroatoms. The molecule has 3 aromatic rings. The molecule has 0 bridgehead atoms. The van der Waals surface area contributed by atoms with Crippen LogP contribution in [0.5, 0.6) is 0 Å². The second kappa shape index (κ2) is 9.83. The first-order chi connectivity index (χ1) is 14.9. The first-order valence-electron chi connectivity index (χ1n) is 9.07. The fourth-order valence-electron chi connectivity index (χ4n) is 2.61. The van der Waals surface area contributed by atoms with E-state index < -0.39 is 11.8 Å². The third-order valence-electron chi connectivity index (χ3n) is 4.00. The lowest BCUT2D eigenvalue weighted by atomic mass is 10.1. The Bertz CT molecular complexity index is 1130. The van der Waals surface area contributed by atoms with Crippen LogP contribution in [0.2, 0.25) is 5.02 Å². The zero-order valence-electron chi connectivity index (χ0n) is 16.4. The van der Waals surface area contributed by atoms with Crippen LogP contribution in [0.3, 0.4) is 0 Å². The quantitative estimate of drug-likeness (QED) is 0.285. The minimum atomic E-state index is -0.542. The SMILES string of the molecule is CCOC(=O)c1cncc(-c2cnc(Nc3ccc(F)c(Cl)c3)nc2N(N)/C=C\N)c1. The number of benzene rings is 1. The molecule has 0 spiro atoms. The van der Waals surface area contributed by atoms with E-state index in [0.29, 0.717) is 16.8 Å². The van der Waals surface area contributed by atoms with Gasteiger partial charge in [0.15, 0.2) is 5.82 Å². The molecule has 31 heavy (non-hydrogen) atoms. The molecule has 1 aromatic carbocycles. The van der Waals surface area contributed by atoms with E-state index in [0.717, 1.165) is 0 Å². The van der Waals surface area contributed by atoms with Crippen LogP contribution < -0.4 is 21.9 Å². The summed E-state index contributed by atoms with van der Waals surface area (Å²) < 4.78 is 18.4. The Morgan fingerprint density at radius 2 is 2.13 bits per heavy atom. The molecule has 0 aliphatic rings. The van der Waals surface area contributed by atoms with Crippen LogP contribution >= 0.6 is 11.6 Å². The van der Waals surface area contributed by atoms with Gasteiger partial charge in [0.25, 0.3) is 0 Å². The molecule has 0 unspecified atom stereocenters. The van der Waals surface area contributed by atoms with Gasteiger partial charge in [-0.05, 0) is 31.2 Å². The molecule has 0 amide bonds. The average Bonchev–Trinajstić information content (AvgIpc) is 2.77. The molecule has 0 fully saturated rings. The van der Waals surface area contributed by atoms with Crippen molar-refractivity contribution in [2.24, 2.45) is 11.6 Å². The van der Waals surface area contributed by atoms with Crippen molar-refractivity contribution in [3.63, 3.8) is 0 Å². The van der Waals surface area contributed by atoms with Gasteiger partial charge < -0.3 is 15.8 Å². The van der Waals surface area contributed by atoms with Crippen molar-refractivity contribution in [2.45, 2.75) is 6.92 Å². The number of hydrogen-bond acceptors (Lipinski definition) is 9. The van der Waals surface area contributed by atoms with Crippen molar-refractivity contribution in [3.8, 4) is 11.1 Å². The number of halogens is 2. The number of carbonyl (C=O) groups excluding carboxylic acids is 1. The number of hydrogen-bond donors (Lipinski definition) is 3. The Kier molecular flexibility index (Phi) is 6.96. The second-order valence-corrected chi connectivity index (χ2v) is 6.52. The molecule has 9 nitrogen and oxygen atoms in total. The summed E-state index contributed by atoms with van der Waals surface area (Å²) in [7, 11) is 0. The van der Waals surface area contributed by atoms with Gasteiger partial charge in [-0.2, -0.15) is 4.98 Å². The van der Waals surface area contributed by atoms with Crippen LogP contribution in [0.4, 0.5) is 21.8 Å². The van der Waals surface area contributed by atoms with E-state index in [9.17, 15) is 9.18 Å². The third kappa shape index (κ3) is 5.24. The molecular weight excluding hydrogens is 425 g/mol. The van der Waals surface area contributed by atoms with Gasteiger partial charge in [0.05, 0.1) is 17.2 Å². The van der Waals surface area contributed by atoms with Gasteiger partial charge >= 0.3 is 5.97 Å². The van der Waals surface area contributed by atoms with Crippen molar-refractivity contribution >= 4 is 35.0 Å². The fraction of sp³-hybridized carbons (Fsp3) is 0.100. The number of anilines is 3. The van der Waals surface area contributed by atoms with Gasteiger partial charge in [0, 0.05) is 47.8 Å². The molecule has 0 saturated carbocycles. The molecule has 0 radical (unpaired) electrons. The van der Waals surface area contributed by atoms with Crippen molar-refractivity contribution in [1.82, 2.24) is 15.0 Å². The van der Waals surface area contributed by atoms with E-state index in [2.05, 4.69) is 20.3 Å². The maximum atomic E-state index is 13.4. The highest BCUT2D eigenvalue weighted by Crippen LogP contribution is 2.30. The third-order valence-corrected chi connectivity index (χ3v) is 4.29. The lowest BCUT2D eigenvalue weighted by Crippen LogP contribution is -2.26. The van der Waals surface area contributed by atoms with Crippen molar-refractivity contribution in [3.05, 3.63) is 71.7 Å². The van der Waals surface area contributed by atoms with Crippen LogP contribution in [-0.4, -0.2) is 27.5 Å². The van der Waals surface area contributed by atoms with Crippen molar-refractivity contribution in [1.29, 1.82) is 0 Å². The van der Waals surface area contributed by atoms with Crippen LogP contribution in [0.1, 0.15) is 17.3 Å². The molecular formula is C20H19ClFN7O2. The van der Waals surface area contributed by atoms with Gasteiger partial charge in [-0.15, -0.1) is 0 Å². The number of hydrazine groups is 1. The molecule has 3 rings (SSSR count). The normalized spacial score (nSPS) is 10.8. The summed E-state index contributed by atoms with van der Waals surface area (Å²) in [5.74, 6) is 5.47. The average molecular weight is 444 g/mol. The highest BCUT2D eigenvalue weighted by atomic mass is 35.5. The molecule has 5 N–H and O–H groups in total. The van der Waals surface area contributed by atoms with Gasteiger partial charge in [-0.1, -0.05) is 11.6 Å². The largest absolute Gasteiger partial charge is 0.462 e. The van der Waals surface area contributed by atoms with E-state index in [1.54, 1.807) is 13.0 Å². The van der Waals surface area contributed by atoms with E-state index in [-0.39, 0.29) is 29.0 Å². The number of nitrogens with one attached hydrogen (secondary N) is 1. The standard InChI is InChI=1S/C20H19ClFN7O2/c1-2-31-19(30)13-7-12(9-25-10-13)15-11-26-20(28-18(15)29(24)6-5-23)27-14-3-4-17(22)16(21)8-14/h3-11H,2,23-24H2,1H3,(H,26,27,28)/b6-5-. The number of aromatic nitrogens is 3. The summed E-state index contributed by atoms with van der Waals surface area (Å²) in [6, 6.07) is 5.71. The lowest BCUT2D eigenvalue weighted by molar-refractivity contribution is 0.0526. The molecule has 2 heterocycles. The molecule has 0 saturated heterocycles. The Balaban J connectivity index is 2.01. The molecule has 2 aromatic heterocycles. The van der Waals surface area contributed by atoms with Crippen LogP contribution in [-0.2, 0) is 4.74 Å². The molecule has 0 aliphatic heterocycles. The molecule has 160 valence electrons. The minimum Gasteiger partial charge on any atom is -0.462 e. The smallest absolute Gasteiger partial charge is 0.339 e. The first-order valence-corrected chi connectivity index (χ1v) is 9.44. The summed E-state index contributed by atoms with van der Waals surface area (Å²) >= 11 is 5.82. The summed E-state index contributed by atoms with van der Waals surface area (Å²) in [6.45, 7) is 1.95. The Morgan fingerprint density at radius 3 is 2.84 bits per heavy atom. The number of pyridine rings is 1. The monoisotopic (exact) mass is 443 g/mol. The summed E-state index contributed by atoms with van der Waals surface area (Å²) in [5, 5.41) is 4.08. The van der Waals surface area contributed by atoms with Gasteiger partial charge in [-0.3, -0.25) is 9.99 Å². The first kappa shape index (κ1) is 21.9. The highest BCUT2D eigenvalue weighted by molar-refractivity contribution is 6.31. The highest BCUT2D eigenvalue weighted by Gasteiger charge is 2.16. The topological polar surface area (TPSA) is 132 Å². The number of nitrogens with zero attached hydrogens (tertiary/aromatic N) is 4. The predicted octanol–water partition coefficient (Wildman–Crippen LogP) is 3.36. The van der Waals surface area contributed by atoms with Gasteiger partial charge in [0.1, 0.15) is 5.82 Å². The second-order valence-electron chi connectivity index (χ2n) is 6.12. The summed E-state index contributed by atoms with van der Waals surface area (Å²) in [6.07, 6.45) is 7.08. The minimum absolute atomic E-state index is 0.0461. The van der Waals surface area contributed by atoms with Crippen LogP contribution in [0, 0.1) is 5.82 Å². The molecule has 0 atom stereocenters. The lowest BCUT2D eigenvalue weighted by Gasteiger charge is -2.18. The zero-order chi connectivity index (χ0) is 22.4. The van der Waals surface area contributed by atoms with E-state index in [1.807, 2.05) is 0 Å². The number of carbonyl (C=O) groups is 1. The van der Waals surface area contributed by atoms with Crippen molar-refractivity contribution < 1.29 is 13.9 Å². The zero-order valence-corrected chi connectivity index (χ0v) is 17.2. The molecule has 0 aliphatic carbocycles. The summed E-state index contributed by atoms with van der Waals surface area (Å²) in [5.41, 5.74) is 7.24. The van der Waals surface area contributed by atoms with Crippen LogP contribution in [0.15, 0.2) is 55.3 Å².